The molecule has 1 rings (SSSR count). The lowest BCUT2D eigenvalue weighted by Crippen LogP contribution is -2.16. The Labute approximate surface area is 344 Å². The highest BCUT2D eigenvalue weighted by atomic mass is 32.2. The third kappa shape index (κ3) is 29.7. The normalized spacial score (nSPS) is 11.9. The summed E-state index contributed by atoms with van der Waals surface area (Å²) >= 11 is 0. The SMILES string of the molecule is CCCCCCCCCCCCC/C=C/CCCCCOC(=O)c1ccc(S(=O)(=O)O)cc1C(=O)OCCCCC/C=C/CCCCCCCCCCCCC. The number of allylic oxidation sites excluding steroid dienone is 4. The Morgan fingerprint density at radius 3 is 1.11 bits per heavy atom. The van der Waals surface area contributed by atoms with Crippen molar-refractivity contribution >= 4 is 22.1 Å². The van der Waals surface area contributed by atoms with Crippen LogP contribution in [0.3, 0.4) is 0 Å². The Balaban J connectivity index is 2.22. The van der Waals surface area contributed by atoms with E-state index in [9.17, 15) is 22.6 Å². The Hall–Kier alpha value is -2.45. The molecule has 0 heterocycles. The average molecular weight is 803 g/mol. The lowest BCUT2D eigenvalue weighted by atomic mass is 10.1. The van der Waals surface area contributed by atoms with Crippen molar-refractivity contribution in [1.29, 1.82) is 0 Å². The standard InChI is InChI=1S/C48H82O7S/c1-3-5-7-9-11-13-15-17-19-21-23-25-27-29-31-33-35-37-41-54-47(49)45-40-39-44(56(51,52)53)43-46(45)48(50)55-42-38-36-34-32-30-28-26-24-22-20-18-16-14-12-10-8-6-4-2/h27-30,39-40,43H,3-26,31-38,41-42H2,1-2H3,(H,51,52,53)/b29-27+,30-28+. The van der Waals surface area contributed by atoms with Crippen molar-refractivity contribution in [3.05, 3.63) is 53.6 Å². The predicted molar refractivity (Wildman–Crippen MR) is 234 cm³/mol. The summed E-state index contributed by atoms with van der Waals surface area (Å²) in [5, 5.41) is 0. The molecule has 0 amide bonds. The van der Waals surface area contributed by atoms with E-state index in [1.807, 2.05) is 0 Å². The molecular formula is C48H82O7S. The van der Waals surface area contributed by atoms with Gasteiger partial charge in [0, 0.05) is 0 Å². The fourth-order valence-electron chi connectivity index (χ4n) is 6.92. The molecule has 0 aliphatic rings. The second-order valence-corrected chi connectivity index (χ2v) is 17.2. The maximum atomic E-state index is 13.0. The lowest BCUT2D eigenvalue weighted by Gasteiger charge is -2.11. The van der Waals surface area contributed by atoms with E-state index in [1.54, 1.807) is 0 Å². The molecule has 1 N–H and O–H groups in total. The van der Waals surface area contributed by atoms with Crippen LogP contribution in [0.1, 0.15) is 240 Å². The van der Waals surface area contributed by atoms with Gasteiger partial charge in [-0.2, -0.15) is 8.42 Å². The van der Waals surface area contributed by atoms with E-state index in [1.165, 1.54) is 147 Å². The third-order valence-electron chi connectivity index (χ3n) is 10.5. The Kier molecular flexibility index (Phi) is 33.9. The highest BCUT2D eigenvalue weighted by Gasteiger charge is 2.23. The molecule has 0 radical (unpaired) electrons. The van der Waals surface area contributed by atoms with Crippen molar-refractivity contribution < 1.29 is 32.0 Å². The third-order valence-corrected chi connectivity index (χ3v) is 11.4. The molecule has 0 aliphatic carbocycles. The number of unbranched alkanes of at least 4 members (excludes halogenated alkanes) is 28. The minimum Gasteiger partial charge on any atom is -0.462 e. The Morgan fingerprint density at radius 1 is 0.464 bits per heavy atom. The molecular weight excluding hydrogens is 721 g/mol. The van der Waals surface area contributed by atoms with Crippen molar-refractivity contribution in [3.63, 3.8) is 0 Å². The molecule has 7 nitrogen and oxygen atoms in total. The number of carbonyl (C=O) groups excluding carboxylic acids is 2. The van der Waals surface area contributed by atoms with Crippen molar-refractivity contribution in [2.24, 2.45) is 0 Å². The van der Waals surface area contributed by atoms with Gasteiger partial charge in [-0.05, 0) is 95.2 Å². The topological polar surface area (TPSA) is 107 Å². The van der Waals surface area contributed by atoms with Crippen LogP contribution in [0.2, 0.25) is 0 Å². The average Bonchev–Trinajstić information content (AvgIpc) is 3.18. The first kappa shape index (κ1) is 51.6. The minimum atomic E-state index is -4.57. The number of ether oxygens (including phenoxy) is 2. The summed E-state index contributed by atoms with van der Waals surface area (Å²) in [6, 6.07) is 3.28. The number of rotatable bonds is 39. The van der Waals surface area contributed by atoms with Gasteiger partial charge in [-0.1, -0.05) is 167 Å². The van der Waals surface area contributed by atoms with E-state index in [0.717, 1.165) is 63.5 Å². The molecule has 1 aromatic carbocycles. The second-order valence-electron chi connectivity index (χ2n) is 15.7. The Bertz CT molecular complexity index is 1270. The zero-order valence-electron chi connectivity index (χ0n) is 35.9. The van der Waals surface area contributed by atoms with Crippen molar-refractivity contribution in [3.8, 4) is 0 Å². The number of hydrogen-bond acceptors (Lipinski definition) is 6. The molecule has 0 atom stereocenters. The zero-order valence-corrected chi connectivity index (χ0v) is 36.7. The molecule has 0 aromatic heterocycles. The summed E-state index contributed by atoms with van der Waals surface area (Å²) in [7, 11) is -4.57. The van der Waals surface area contributed by atoms with Gasteiger partial charge in [0.05, 0.1) is 29.2 Å². The molecule has 0 saturated carbocycles. The van der Waals surface area contributed by atoms with E-state index in [4.69, 9.17) is 9.47 Å². The minimum absolute atomic E-state index is 0.0734. The van der Waals surface area contributed by atoms with Crippen molar-refractivity contribution in [2.45, 2.75) is 224 Å². The first-order valence-corrected chi connectivity index (χ1v) is 24.5. The van der Waals surface area contributed by atoms with Crippen LogP contribution in [0.15, 0.2) is 47.4 Å². The summed E-state index contributed by atoms with van der Waals surface area (Å²) < 4.78 is 43.9. The van der Waals surface area contributed by atoms with Crippen LogP contribution in [0, 0.1) is 0 Å². The molecule has 1 aromatic rings. The molecule has 8 heteroatoms. The van der Waals surface area contributed by atoms with Gasteiger partial charge in [-0.3, -0.25) is 4.55 Å². The molecule has 0 saturated heterocycles. The van der Waals surface area contributed by atoms with Gasteiger partial charge in [0.15, 0.2) is 0 Å². The molecule has 322 valence electrons. The quantitative estimate of drug-likeness (QED) is 0.0306. The zero-order chi connectivity index (χ0) is 40.8. The van der Waals surface area contributed by atoms with Crippen LogP contribution >= 0.6 is 0 Å². The van der Waals surface area contributed by atoms with Gasteiger partial charge in [-0.25, -0.2) is 9.59 Å². The molecule has 0 fully saturated rings. The number of carbonyl (C=O) groups is 2. The molecule has 0 aliphatic heterocycles. The van der Waals surface area contributed by atoms with Gasteiger partial charge in [0.1, 0.15) is 0 Å². The van der Waals surface area contributed by atoms with Crippen LogP contribution in [-0.2, 0) is 19.6 Å². The van der Waals surface area contributed by atoms with E-state index in [0.29, 0.717) is 12.8 Å². The molecule has 56 heavy (non-hydrogen) atoms. The van der Waals surface area contributed by atoms with Crippen molar-refractivity contribution in [2.75, 3.05) is 13.2 Å². The summed E-state index contributed by atoms with van der Waals surface area (Å²) in [5.41, 5.74) is -0.297. The highest BCUT2D eigenvalue weighted by Crippen LogP contribution is 2.20. The van der Waals surface area contributed by atoms with Crippen LogP contribution in [0.5, 0.6) is 0 Å². The largest absolute Gasteiger partial charge is 0.462 e. The van der Waals surface area contributed by atoms with Gasteiger partial charge < -0.3 is 9.47 Å². The summed E-state index contributed by atoms with van der Waals surface area (Å²) in [5.74, 6) is -1.53. The smallest absolute Gasteiger partial charge is 0.339 e. The van der Waals surface area contributed by atoms with E-state index in [2.05, 4.69) is 38.2 Å². The first-order chi connectivity index (χ1) is 27.3. The maximum Gasteiger partial charge on any atom is 0.339 e. The monoisotopic (exact) mass is 803 g/mol. The van der Waals surface area contributed by atoms with Gasteiger partial charge >= 0.3 is 11.9 Å². The summed E-state index contributed by atoms with van der Waals surface area (Å²) in [6.07, 6.45) is 48.2. The Morgan fingerprint density at radius 2 is 0.768 bits per heavy atom. The number of hydrogen-bond donors (Lipinski definition) is 1. The van der Waals surface area contributed by atoms with Crippen LogP contribution in [0.25, 0.3) is 0 Å². The fraction of sp³-hybridized carbons (Fsp3) is 0.750. The van der Waals surface area contributed by atoms with Gasteiger partial charge in [0.25, 0.3) is 10.1 Å². The van der Waals surface area contributed by atoms with E-state index < -0.39 is 27.0 Å². The molecule has 0 bridgehead atoms. The van der Waals surface area contributed by atoms with Crippen LogP contribution < -0.4 is 0 Å². The van der Waals surface area contributed by atoms with Gasteiger partial charge in [0.2, 0.25) is 0 Å². The fourth-order valence-corrected chi connectivity index (χ4v) is 7.43. The van der Waals surface area contributed by atoms with E-state index >= 15 is 0 Å². The van der Waals surface area contributed by atoms with Crippen LogP contribution in [0.4, 0.5) is 0 Å². The first-order valence-electron chi connectivity index (χ1n) is 23.1. The number of esters is 2. The van der Waals surface area contributed by atoms with E-state index in [-0.39, 0.29) is 24.3 Å². The van der Waals surface area contributed by atoms with Gasteiger partial charge in [-0.15, -0.1) is 0 Å². The predicted octanol–water partition coefficient (Wildman–Crippen LogP) is 14.9. The summed E-state index contributed by atoms with van der Waals surface area (Å²) in [6.45, 7) is 4.88. The molecule has 0 spiro atoms. The number of benzene rings is 1. The summed E-state index contributed by atoms with van der Waals surface area (Å²) in [4.78, 5) is 25.4. The van der Waals surface area contributed by atoms with Crippen molar-refractivity contribution in [1.82, 2.24) is 0 Å². The second kappa shape index (κ2) is 36.9. The maximum absolute atomic E-state index is 13.0. The lowest BCUT2D eigenvalue weighted by molar-refractivity contribution is 0.0450. The molecule has 0 unspecified atom stereocenters. The highest BCUT2D eigenvalue weighted by molar-refractivity contribution is 7.85. The van der Waals surface area contributed by atoms with Crippen LogP contribution in [-0.4, -0.2) is 38.1 Å².